The van der Waals surface area contributed by atoms with E-state index in [2.05, 4.69) is 28.1 Å². The van der Waals surface area contributed by atoms with Gasteiger partial charge < -0.3 is 0 Å². The Hall–Kier alpha value is 1.28. The fourth-order valence-corrected chi connectivity index (χ4v) is 4.19. The minimum absolute atomic E-state index is 0. The van der Waals surface area contributed by atoms with Crippen LogP contribution in [0.15, 0.2) is 15.9 Å². The summed E-state index contributed by atoms with van der Waals surface area (Å²) < 4.78 is 2.72. The maximum atomic E-state index is 3.37. The predicted octanol–water partition coefficient (Wildman–Crippen LogP) is 2.26. The van der Waals surface area contributed by atoms with Crippen LogP contribution in [0.4, 0.5) is 0 Å². The van der Waals surface area contributed by atoms with Crippen LogP contribution >= 0.6 is 44.2 Å². The molecule has 0 atom stereocenters. The summed E-state index contributed by atoms with van der Waals surface area (Å²) in [6.45, 7) is 0. The van der Waals surface area contributed by atoms with Crippen molar-refractivity contribution >= 4 is 47.7 Å². The Morgan fingerprint density at radius 2 is 2.12 bits per heavy atom. The summed E-state index contributed by atoms with van der Waals surface area (Å²) in [5.74, 6) is 0. The van der Waals surface area contributed by atoms with Crippen LogP contribution < -0.4 is 3.47 Å². The van der Waals surface area contributed by atoms with E-state index in [1.54, 1.807) is 0 Å². The van der Waals surface area contributed by atoms with Crippen molar-refractivity contribution < 1.29 is 18.3 Å². The molecule has 1 aromatic rings. The van der Waals surface area contributed by atoms with Crippen molar-refractivity contribution in [1.82, 2.24) is 0 Å². The van der Waals surface area contributed by atoms with E-state index in [1.807, 2.05) is 11.3 Å². The molecular weight excluding hydrogens is 305 g/mol. The molecule has 0 spiro atoms. The van der Waals surface area contributed by atoms with Gasteiger partial charge in [-0.3, -0.25) is 0 Å². The standard InChI is InChI=1S/C4H2BrS.BrH.Zn/c5-4-2-1-3-6-4;;/h1-2H;1H;. The molecule has 41 valence electrons. The molecule has 0 N–H and O–H groups in total. The molecule has 0 aliphatic rings. The average Bonchev–Trinajstić information content (AvgIpc) is 1.87. The first-order valence-corrected chi connectivity index (χ1v) is 4.95. The number of hydrogen-bond donors (Lipinski definition) is 0. The van der Waals surface area contributed by atoms with Gasteiger partial charge in [-0.05, 0) is 0 Å². The van der Waals surface area contributed by atoms with E-state index in [-0.39, 0.29) is 17.0 Å². The molecule has 8 heavy (non-hydrogen) atoms. The molecule has 0 saturated carbocycles. The molecule has 0 radical (unpaired) electrons. The van der Waals surface area contributed by atoms with Crippen molar-refractivity contribution in [1.29, 1.82) is 0 Å². The van der Waals surface area contributed by atoms with Crippen LogP contribution in [0.25, 0.3) is 0 Å². The van der Waals surface area contributed by atoms with E-state index < -0.39 is 0 Å². The van der Waals surface area contributed by atoms with Crippen LogP contribution in [0.2, 0.25) is 0 Å². The fourth-order valence-electron chi connectivity index (χ4n) is 0.352. The summed E-state index contributed by atoms with van der Waals surface area (Å²) in [6, 6.07) is 4.23. The number of hydrogen-bond acceptors (Lipinski definition) is 1. The molecule has 0 saturated heterocycles. The van der Waals surface area contributed by atoms with Crippen LogP contribution in [0.1, 0.15) is 0 Å². The summed E-state index contributed by atoms with van der Waals surface area (Å²) in [5, 5.41) is 0. The fraction of sp³-hybridized carbons (Fsp3) is 0. The average molecular weight is 308 g/mol. The molecule has 0 nitrogen and oxygen atoms in total. The predicted molar refractivity (Wildman–Crippen MR) is 42.0 cm³/mol. The molecule has 0 aliphatic carbocycles. The summed E-state index contributed by atoms with van der Waals surface area (Å²) in [7, 11) is 0. The van der Waals surface area contributed by atoms with E-state index in [4.69, 9.17) is 0 Å². The Morgan fingerprint density at radius 1 is 1.50 bits per heavy atom. The number of thiophene rings is 1. The third kappa shape index (κ3) is 2.72. The molecule has 1 aromatic heterocycles. The third-order valence-electron chi connectivity index (χ3n) is 0.629. The first kappa shape index (κ1) is 9.28. The van der Waals surface area contributed by atoms with E-state index in [1.165, 1.54) is 25.6 Å². The molecule has 1 rings (SSSR count). The second-order valence-electron chi connectivity index (χ2n) is 1.21. The summed E-state index contributed by atoms with van der Waals surface area (Å²) in [6.07, 6.45) is 0. The van der Waals surface area contributed by atoms with Crippen LogP contribution in [0, 0.1) is 0 Å². The van der Waals surface area contributed by atoms with Crippen molar-refractivity contribution in [3.05, 3.63) is 15.9 Å². The quantitative estimate of drug-likeness (QED) is 0.645. The van der Waals surface area contributed by atoms with Crippen LogP contribution in [0.3, 0.4) is 0 Å². The van der Waals surface area contributed by atoms with E-state index in [0.717, 1.165) is 0 Å². The zero-order valence-corrected chi connectivity index (χ0v) is 11.1. The monoisotopic (exact) mass is 305 g/mol. The third-order valence-corrected chi connectivity index (χ3v) is 3.51. The van der Waals surface area contributed by atoms with Gasteiger partial charge in [-0.15, -0.1) is 17.0 Å². The van der Waals surface area contributed by atoms with Crippen LogP contribution in [0.5, 0.6) is 0 Å². The van der Waals surface area contributed by atoms with Gasteiger partial charge in [0.25, 0.3) is 0 Å². The molecule has 0 bridgehead atoms. The Balaban J connectivity index is 0.000000490. The van der Waals surface area contributed by atoms with Crippen molar-refractivity contribution in [2.45, 2.75) is 0 Å². The molecule has 0 amide bonds. The van der Waals surface area contributed by atoms with Crippen molar-refractivity contribution in [3.8, 4) is 0 Å². The first-order chi connectivity index (χ1) is 3.29. The van der Waals surface area contributed by atoms with Crippen LogP contribution in [-0.4, -0.2) is 0 Å². The Kier molecular flexibility index (Phi) is 4.82. The van der Waals surface area contributed by atoms with Gasteiger partial charge in [-0.25, -0.2) is 0 Å². The number of halogens is 2. The second kappa shape index (κ2) is 4.16. The van der Waals surface area contributed by atoms with Gasteiger partial charge >= 0.3 is 65.0 Å². The van der Waals surface area contributed by atoms with Gasteiger partial charge in [-0.1, -0.05) is 0 Å². The van der Waals surface area contributed by atoms with Crippen LogP contribution in [-0.2, 0) is 18.3 Å². The maximum absolute atomic E-state index is 3.37. The molecule has 0 aliphatic heterocycles. The zero-order chi connectivity index (χ0) is 5.28. The van der Waals surface area contributed by atoms with E-state index in [9.17, 15) is 0 Å². The van der Waals surface area contributed by atoms with Gasteiger partial charge in [0.15, 0.2) is 0 Å². The second-order valence-corrected chi connectivity index (χ2v) is 6.43. The van der Waals surface area contributed by atoms with Gasteiger partial charge in [0.2, 0.25) is 0 Å². The first-order valence-electron chi connectivity index (χ1n) is 1.86. The zero-order valence-electron chi connectivity index (χ0n) is 4.06. The molecule has 4 heteroatoms. The molecule has 0 aromatic carbocycles. The SMILES string of the molecule is Br.[Zn][c]1ccc(Br)s1. The van der Waals surface area contributed by atoms with E-state index >= 15 is 0 Å². The Morgan fingerprint density at radius 3 is 2.25 bits per heavy atom. The molecular formula is C4H3Br2SZn. The summed E-state index contributed by atoms with van der Waals surface area (Å²) in [4.78, 5) is 0. The summed E-state index contributed by atoms with van der Waals surface area (Å²) >= 11 is 6.46. The van der Waals surface area contributed by atoms with Crippen molar-refractivity contribution in [2.75, 3.05) is 0 Å². The topological polar surface area (TPSA) is 0 Å². The Labute approximate surface area is 81.3 Å². The normalized spacial score (nSPS) is 8.38. The molecule has 0 unspecified atom stereocenters. The molecule has 0 fully saturated rings. The van der Waals surface area contributed by atoms with Gasteiger partial charge in [0.1, 0.15) is 0 Å². The Bertz CT molecular complexity index is 146. The summed E-state index contributed by atoms with van der Waals surface area (Å²) in [5.41, 5.74) is 0. The number of rotatable bonds is 0. The van der Waals surface area contributed by atoms with Gasteiger partial charge in [-0.2, -0.15) is 0 Å². The van der Waals surface area contributed by atoms with Gasteiger partial charge in [0.05, 0.1) is 0 Å². The van der Waals surface area contributed by atoms with Crippen molar-refractivity contribution in [3.63, 3.8) is 0 Å². The van der Waals surface area contributed by atoms with Gasteiger partial charge in [0, 0.05) is 0 Å². The van der Waals surface area contributed by atoms with E-state index in [0.29, 0.717) is 0 Å². The minimum atomic E-state index is 0. The van der Waals surface area contributed by atoms with Crippen molar-refractivity contribution in [2.24, 2.45) is 0 Å². The molecule has 1 heterocycles.